The second kappa shape index (κ2) is 7.75. The molecule has 1 saturated heterocycles. The first-order valence-electron chi connectivity index (χ1n) is 8.48. The van der Waals surface area contributed by atoms with E-state index >= 15 is 0 Å². The predicted molar refractivity (Wildman–Crippen MR) is 90.0 cm³/mol. The van der Waals surface area contributed by atoms with Gasteiger partial charge in [0.1, 0.15) is 12.3 Å². The summed E-state index contributed by atoms with van der Waals surface area (Å²) in [5.74, 6) is -0.685. The van der Waals surface area contributed by atoms with Crippen LogP contribution in [0.15, 0.2) is 23.3 Å². The quantitative estimate of drug-likeness (QED) is 0.733. The summed E-state index contributed by atoms with van der Waals surface area (Å²) in [5.41, 5.74) is 1.01. The van der Waals surface area contributed by atoms with Crippen LogP contribution in [-0.2, 0) is 14.4 Å². The number of nitrogens with one attached hydrogen (secondary N) is 1. The molecule has 0 aromatic heterocycles. The molecule has 6 nitrogen and oxygen atoms in total. The molecule has 2 rings (SSSR count). The highest BCUT2D eigenvalue weighted by atomic mass is 16.3. The van der Waals surface area contributed by atoms with E-state index < -0.39 is 18.2 Å². The fourth-order valence-corrected chi connectivity index (χ4v) is 3.18. The first-order valence-corrected chi connectivity index (χ1v) is 8.48. The van der Waals surface area contributed by atoms with E-state index in [0.29, 0.717) is 30.5 Å². The summed E-state index contributed by atoms with van der Waals surface area (Å²) in [5, 5.41) is 12.7. The third kappa shape index (κ3) is 3.75. The van der Waals surface area contributed by atoms with Crippen molar-refractivity contribution in [1.82, 2.24) is 10.2 Å². The van der Waals surface area contributed by atoms with E-state index in [2.05, 4.69) is 5.32 Å². The lowest BCUT2D eigenvalue weighted by atomic mass is 9.94. The molecule has 24 heavy (non-hydrogen) atoms. The number of aliphatic hydroxyl groups excluding tert-OH is 1. The van der Waals surface area contributed by atoms with E-state index in [1.54, 1.807) is 24.0 Å². The topological polar surface area (TPSA) is 86.7 Å². The number of aliphatic hydroxyl groups is 1. The Labute approximate surface area is 142 Å². The number of aldehydes is 1. The van der Waals surface area contributed by atoms with Gasteiger partial charge in [0, 0.05) is 12.1 Å². The maximum absolute atomic E-state index is 12.8. The van der Waals surface area contributed by atoms with E-state index in [4.69, 9.17) is 0 Å². The van der Waals surface area contributed by atoms with Crippen LogP contribution in [0, 0.1) is 5.92 Å². The monoisotopic (exact) mass is 334 g/mol. The van der Waals surface area contributed by atoms with Gasteiger partial charge in [-0.15, -0.1) is 0 Å². The molecule has 2 aliphatic rings. The fourth-order valence-electron chi connectivity index (χ4n) is 3.18. The molecule has 0 aromatic carbocycles. The zero-order chi connectivity index (χ0) is 17.9. The molecule has 6 heteroatoms. The summed E-state index contributed by atoms with van der Waals surface area (Å²) in [4.78, 5) is 38.1. The lowest BCUT2D eigenvalue weighted by Gasteiger charge is -2.29. The van der Waals surface area contributed by atoms with E-state index in [9.17, 15) is 19.5 Å². The molecular formula is C18H26N2O4. The van der Waals surface area contributed by atoms with Crippen LogP contribution >= 0.6 is 0 Å². The van der Waals surface area contributed by atoms with Crippen molar-refractivity contribution < 1.29 is 19.5 Å². The van der Waals surface area contributed by atoms with Crippen molar-refractivity contribution >= 4 is 18.1 Å². The van der Waals surface area contributed by atoms with Gasteiger partial charge in [0.15, 0.2) is 0 Å². The van der Waals surface area contributed by atoms with Crippen LogP contribution in [0.5, 0.6) is 0 Å². The first-order chi connectivity index (χ1) is 11.4. The van der Waals surface area contributed by atoms with Crippen molar-refractivity contribution in [3.8, 4) is 0 Å². The smallest absolute Gasteiger partial charge is 0.251 e. The summed E-state index contributed by atoms with van der Waals surface area (Å²) in [6.45, 7) is 5.99. The summed E-state index contributed by atoms with van der Waals surface area (Å²) in [6, 6.07) is -1.08. The third-order valence-electron chi connectivity index (χ3n) is 4.77. The normalized spacial score (nSPS) is 25.1. The zero-order valence-electron chi connectivity index (χ0n) is 14.5. The van der Waals surface area contributed by atoms with Crippen LogP contribution in [0.4, 0.5) is 0 Å². The summed E-state index contributed by atoms with van der Waals surface area (Å²) >= 11 is 0. The van der Waals surface area contributed by atoms with Gasteiger partial charge in [-0.05, 0) is 37.7 Å². The molecule has 132 valence electrons. The van der Waals surface area contributed by atoms with Crippen LogP contribution in [0.25, 0.3) is 0 Å². The van der Waals surface area contributed by atoms with Gasteiger partial charge in [0.2, 0.25) is 5.91 Å². The number of hydrogen-bond acceptors (Lipinski definition) is 4. The van der Waals surface area contributed by atoms with E-state index in [1.807, 2.05) is 13.8 Å². The van der Waals surface area contributed by atoms with E-state index in [-0.39, 0.29) is 17.7 Å². The first kappa shape index (κ1) is 18.4. The van der Waals surface area contributed by atoms with Gasteiger partial charge >= 0.3 is 0 Å². The molecule has 0 radical (unpaired) electrons. The Bertz CT molecular complexity index is 580. The molecular weight excluding hydrogens is 308 g/mol. The minimum atomic E-state index is -0.689. The van der Waals surface area contributed by atoms with Crippen LogP contribution < -0.4 is 5.32 Å². The van der Waals surface area contributed by atoms with Crippen LogP contribution in [-0.4, -0.2) is 52.8 Å². The molecule has 0 bridgehead atoms. The van der Waals surface area contributed by atoms with Crippen LogP contribution in [0.2, 0.25) is 0 Å². The Morgan fingerprint density at radius 1 is 1.42 bits per heavy atom. The molecule has 3 atom stereocenters. The lowest BCUT2D eigenvalue weighted by Crippen LogP contribution is -2.53. The number of likely N-dealkylation sites (tertiary alicyclic amines) is 1. The highest BCUT2D eigenvalue weighted by Crippen LogP contribution is 2.21. The Balaban J connectivity index is 2.15. The van der Waals surface area contributed by atoms with Gasteiger partial charge in [0.05, 0.1) is 12.1 Å². The van der Waals surface area contributed by atoms with Gasteiger partial charge in [-0.1, -0.05) is 26.0 Å². The number of rotatable bonds is 5. The van der Waals surface area contributed by atoms with Gasteiger partial charge in [-0.25, -0.2) is 0 Å². The van der Waals surface area contributed by atoms with Crippen LogP contribution in [0.3, 0.4) is 0 Å². The largest absolute Gasteiger partial charge is 0.388 e. The van der Waals surface area contributed by atoms with Crippen molar-refractivity contribution in [3.05, 3.63) is 23.3 Å². The van der Waals surface area contributed by atoms with Crippen molar-refractivity contribution in [2.45, 2.75) is 58.2 Å². The molecule has 2 N–H and O–H groups in total. The van der Waals surface area contributed by atoms with Crippen molar-refractivity contribution in [2.75, 3.05) is 6.54 Å². The summed E-state index contributed by atoms with van der Waals surface area (Å²) in [7, 11) is 0. The van der Waals surface area contributed by atoms with E-state index in [0.717, 1.165) is 12.7 Å². The SMILES string of the molecule is CC1=C(C(=O)N[C@H](C(=O)N2CCC[C@H]2C=O)C(C)C)C=CCC1O. The van der Waals surface area contributed by atoms with Gasteiger partial charge in [-0.3, -0.25) is 9.59 Å². The zero-order valence-corrected chi connectivity index (χ0v) is 14.5. The molecule has 0 aromatic rings. The van der Waals surface area contributed by atoms with Gasteiger partial charge in [0.25, 0.3) is 5.91 Å². The van der Waals surface area contributed by atoms with Crippen molar-refractivity contribution in [2.24, 2.45) is 5.92 Å². The second-order valence-electron chi connectivity index (χ2n) is 6.82. The fraction of sp³-hybridized carbons (Fsp3) is 0.611. The molecule has 1 fully saturated rings. The maximum Gasteiger partial charge on any atom is 0.251 e. The number of carbonyl (C=O) groups excluding carboxylic acids is 3. The molecule has 0 saturated carbocycles. The van der Waals surface area contributed by atoms with E-state index in [1.165, 1.54) is 0 Å². The number of hydrogen-bond donors (Lipinski definition) is 2. The number of amides is 2. The molecule has 2 amide bonds. The molecule has 1 unspecified atom stereocenters. The Morgan fingerprint density at radius 3 is 2.75 bits per heavy atom. The Hall–Kier alpha value is -1.95. The maximum atomic E-state index is 12.8. The average Bonchev–Trinajstić information content (AvgIpc) is 3.02. The molecule has 1 aliphatic heterocycles. The third-order valence-corrected chi connectivity index (χ3v) is 4.77. The Kier molecular flexibility index (Phi) is 5.94. The van der Waals surface area contributed by atoms with Gasteiger partial charge < -0.3 is 20.1 Å². The molecule has 1 heterocycles. The minimum Gasteiger partial charge on any atom is -0.388 e. The van der Waals surface area contributed by atoms with Crippen molar-refractivity contribution in [1.29, 1.82) is 0 Å². The number of carbonyl (C=O) groups is 3. The minimum absolute atomic E-state index is 0.104. The van der Waals surface area contributed by atoms with Crippen LogP contribution in [0.1, 0.15) is 40.0 Å². The lowest BCUT2D eigenvalue weighted by molar-refractivity contribution is -0.139. The van der Waals surface area contributed by atoms with Crippen molar-refractivity contribution in [3.63, 3.8) is 0 Å². The summed E-state index contributed by atoms with van der Waals surface area (Å²) in [6.07, 6.45) is 5.54. The van der Waals surface area contributed by atoms with Gasteiger partial charge in [-0.2, -0.15) is 0 Å². The molecule has 1 aliphatic carbocycles. The highest BCUT2D eigenvalue weighted by molar-refractivity contribution is 6.00. The summed E-state index contributed by atoms with van der Waals surface area (Å²) < 4.78 is 0. The standard InChI is InChI=1S/C18H26N2O4/c1-11(2)16(18(24)20-9-5-6-13(20)10-21)19-17(23)14-7-4-8-15(22)12(14)3/h4,7,10-11,13,15-16,22H,5-6,8-9H2,1-3H3,(H,19,23)/t13-,15?,16-/m0/s1. The average molecular weight is 334 g/mol. The Morgan fingerprint density at radius 2 is 2.12 bits per heavy atom. The number of nitrogens with zero attached hydrogens (tertiary/aromatic N) is 1. The molecule has 0 spiro atoms. The highest BCUT2D eigenvalue weighted by Gasteiger charge is 2.35. The second-order valence-corrected chi connectivity index (χ2v) is 6.82. The predicted octanol–water partition coefficient (Wildman–Crippen LogP) is 0.954.